The topological polar surface area (TPSA) is 29.5 Å². The largest absolute Gasteiger partial charge is 0.512 e. The highest BCUT2D eigenvalue weighted by Gasteiger charge is 2.49. The first kappa shape index (κ1) is 21.5. The first-order valence-corrected chi connectivity index (χ1v) is 11.8. The Balaban J connectivity index is 1.94. The Morgan fingerprint density at radius 1 is 1.07 bits per heavy atom. The summed E-state index contributed by atoms with van der Waals surface area (Å²) in [6, 6.07) is 0. The van der Waals surface area contributed by atoms with E-state index in [9.17, 15) is 5.11 Å². The predicted molar refractivity (Wildman–Crippen MR) is 118 cm³/mol. The van der Waals surface area contributed by atoms with Crippen molar-refractivity contribution in [2.75, 3.05) is 0 Å². The number of aliphatic hydroxyl groups is 1. The Morgan fingerprint density at radius 3 is 2.32 bits per heavy atom. The average Bonchev–Trinajstić information content (AvgIpc) is 2.61. The summed E-state index contributed by atoms with van der Waals surface area (Å²) in [4.78, 5) is 0. The normalized spacial score (nSPS) is 28.0. The lowest BCUT2D eigenvalue weighted by Crippen LogP contribution is -2.46. The number of allylic oxidation sites excluding steroid dienone is 5. The molecule has 1 fully saturated rings. The SMILES string of the molecule is CCCCCC1(CCCCC)C=C2OC(C)(C)[C@@H]3CCC(C)=C[C@H]3C2=C(O)C1. The van der Waals surface area contributed by atoms with Gasteiger partial charge in [-0.3, -0.25) is 0 Å². The fourth-order valence-corrected chi connectivity index (χ4v) is 5.81. The van der Waals surface area contributed by atoms with Gasteiger partial charge in [-0.05, 0) is 57.9 Å². The molecular weight excluding hydrogens is 344 g/mol. The number of unbranched alkanes of at least 4 members (excludes halogenated alkanes) is 4. The highest BCUT2D eigenvalue weighted by atomic mass is 16.5. The molecule has 158 valence electrons. The Bertz CT molecular complexity index is 639. The molecule has 0 bridgehead atoms. The second-order valence-corrected chi connectivity index (χ2v) is 10.2. The summed E-state index contributed by atoms with van der Waals surface area (Å²) in [5.41, 5.74) is 2.46. The molecule has 0 spiro atoms. The van der Waals surface area contributed by atoms with Gasteiger partial charge in [0.05, 0.1) is 0 Å². The number of aliphatic hydroxyl groups excluding tert-OH is 1. The van der Waals surface area contributed by atoms with Crippen LogP contribution < -0.4 is 0 Å². The summed E-state index contributed by atoms with van der Waals surface area (Å²) in [6.45, 7) is 11.3. The first-order chi connectivity index (χ1) is 13.3. The van der Waals surface area contributed by atoms with Crippen LogP contribution in [0.25, 0.3) is 0 Å². The van der Waals surface area contributed by atoms with Crippen LogP contribution in [0, 0.1) is 17.3 Å². The van der Waals surface area contributed by atoms with Crippen LogP contribution in [0.3, 0.4) is 0 Å². The number of ether oxygens (including phenoxy) is 1. The molecule has 2 heteroatoms. The minimum absolute atomic E-state index is 0.0730. The van der Waals surface area contributed by atoms with Crippen LogP contribution in [0.1, 0.15) is 105 Å². The standard InChI is InChI=1S/C26H42O2/c1-6-8-10-14-26(15-11-9-7-2)17-22(27)24-20-16-19(3)12-13-21(20)25(4,5)28-23(24)18-26/h16,18,20-21,27H,6-15,17H2,1-5H3/t20-,21-/m1/s1. The number of hydrogen-bond acceptors (Lipinski definition) is 2. The fourth-order valence-electron chi connectivity index (χ4n) is 5.81. The summed E-state index contributed by atoms with van der Waals surface area (Å²) >= 11 is 0. The summed E-state index contributed by atoms with van der Waals surface area (Å²) < 4.78 is 6.63. The molecule has 0 unspecified atom stereocenters. The molecule has 1 saturated heterocycles. The predicted octanol–water partition coefficient (Wildman–Crippen LogP) is 8.01. The Hall–Kier alpha value is -1.18. The van der Waals surface area contributed by atoms with E-state index in [2.05, 4.69) is 46.8 Å². The maximum atomic E-state index is 11.3. The van der Waals surface area contributed by atoms with Gasteiger partial charge in [-0.15, -0.1) is 0 Å². The number of fused-ring (bicyclic) bond motifs is 3. The van der Waals surface area contributed by atoms with Crippen molar-refractivity contribution in [2.24, 2.45) is 17.3 Å². The van der Waals surface area contributed by atoms with Crippen molar-refractivity contribution in [1.29, 1.82) is 0 Å². The van der Waals surface area contributed by atoms with Crippen LogP contribution in [-0.4, -0.2) is 10.7 Å². The Labute approximate surface area is 173 Å². The number of hydrogen-bond donors (Lipinski definition) is 1. The minimum Gasteiger partial charge on any atom is -0.512 e. The van der Waals surface area contributed by atoms with Crippen molar-refractivity contribution in [1.82, 2.24) is 0 Å². The summed E-state index contributed by atoms with van der Waals surface area (Å²) in [5.74, 6) is 2.38. The van der Waals surface area contributed by atoms with E-state index in [1.54, 1.807) is 0 Å². The Morgan fingerprint density at radius 2 is 1.71 bits per heavy atom. The third-order valence-corrected chi connectivity index (χ3v) is 7.44. The fraction of sp³-hybridized carbons (Fsp3) is 0.769. The third kappa shape index (κ3) is 4.36. The lowest BCUT2D eigenvalue weighted by atomic mass is 9.63. The maximum Gasteiger partial charge on any atom is 0.123 e. The van der Waals surface area contributed by atoms with Crippen LogP contribution in [0.15, 0.2) is 34.8 Å². The van der Waals surface area contributed by atoms with Gasteiger partial charge >= 0.3 is 0 Å². The molecule has 0 aromatic rings. The van der Waals surface area contributed by atoms with E-state index in [1.165, 1.54) is 44.1 Å². The number of rotatable bonds is 8. The molecular formula is C26H42O2. The molecule has 1 N–H and O–H groups in total. The van der Waals surface area contributed by atoms with Gasteiger partial charge in [-0.2, -0.15) is 0 Å². The van der Waals surface area contributed by atoms with Crippen molar-refractivity contribution in [2.45, 2.75) is 111 Å². The zero-order valence-electron chi connectivity index (χ0n) is 18.9. The molecule has 0 saturated carbocycles. The van der Waals surface area contributed by atoms with Gasteiger partial charge in [-0.25, -0.2) is 0 Å². The van der Waals surface area contributed by atoms with Crippen LogP contribution in [-0.2, 0) is 4.74 Å². The van der Waals surface area contributed by atoms with E-state index in [0.717, 1.165) is 43.4 Å². The monoisotopic (exact) mass is 386 g/mol. The lowest BCUT2D eigenvalue weighted by Gasteiger charge is -2.50. The molecule has 2 aliphatic carbocycles. The van der Waals surface area contributed by atoms with Gasteiger partial charge in [0.25, 0.3) is 0 Å². The molecule has 0 radical (unpaired) electrons. The van der Waals surface area contributed by atoms with Gasteiger partial charge in [-0.1, -0.05) is 64.0 Å². The molecule has 1 heterocycles. The molecule has 0 aromatic carbocycles. The van der Waals surface area contributed by atoms with E-state index in [1.807, 2.05) is 0 Å². The second kappa shape index (κ2) is 8.67. The van der Waals surface area contributed by atoms with Crippen molar-refractivity contribution in [3.8, 4) is 0 Å². The van der Waals surface area contributed by atoms with Crippen LogP contribution >= 0.6 is 0 Å². The van der Waals surface area contributed by atoms with Crippen LogP contribution in [0.2, 0.25) is 0 Å². The second-order valence-electron chi connectivity index (χ2n) is 10.2. The van der Waals surface area contributed by atoms with Crippen molar-refractivity contribution < 1.29 is 9.84 Å². The summed E-state index contributed by atoms with van der Waals surface area (Å²) in [5, 5.41) is 11.3. The molecule has 3 rings (SSSR count). The highest BCUT2D eigenvalue weighted by molar-refractivity contribution is 5.43. The quantitative estimate of drug-likeness (QED) is 0.338. The van der Waals surface area contributed by atoms with Crippen LogP contribution in [0.4, 0.5) is 0 Å². The molecule has 1 aliphatic heterocycles. The maximum absolute atomic E-state index is 11.3. The van der Waals surface area contributed by atoms with Crippen molar-refractivity contribution >= 4 is 0 Å². The van der Waals surface area contributed by atoms with Gasteiger partial charge in [0.2, 0.25) is 0 Å². The van der Waals surface area contributed by atoms with Gasteiger partial charge in [0.1, 0.15) is 17.1 Å². The van der Waals surface area contributed by atoms with Gasteiger partial charge in [0, 0.05) is 23.8 Å². The molecule has 3 aliphatic rings. The van der Waals surface area contributed by atoms with E-state index < -0.39 is 0 Å². The molecule has 0 amide bonds. The smallest absolute Gasteiger partial charge is 0.123 e. The van der Waals surface area contributed by atoms with Gasteiger partial charge < -0.3 is 9.84 Å². The summed E-state index contributed by atoms with van der Waals surface area (Å²) in [6.07, 6.45) is 17.8. The molecule has 2 atom stereocenters. The van der Waals surface area contributed by atoms with E-state index in [4.69, 9.17) is 4.74 Å². The van der Waals surface area contributed by atoms with Gasteiger partial charge in [0.15, 0.2) is 0 Å². The first-order valence-electron chi connectivity index (χ1n) is 11.8. The third-order valence-electron chi connectivity index (χ3n) is 7.44. The van der Waals surface area contributed by atoms with Crippen LogP contribution in [0.5, 0.6) is 0 Å². The lowest BCUT2D eigenvalue weighted by molar-refractivity contribution is -0.0583. The highest BCUT2D eigenvalue weighted by Crippen LogP contribution is 2.55. The molecule has 2 nitrogen and oxygen atoms in total. The van der Waals surface area contributed by atoms with Crippen molar-refractivity contribution in [3.05, 3.63) is 34.8 Å². The zero-order chi connectivity index (χ0) is 20.4. The zero-order valence-corrected chi connectivity index (χ0v) is 18.9. The average molecular weight is 387 g/mol. The summed E-state index contributed by atoms with van der Waals surface area (Å²) in [7, 11) is 0. The van der Waals surface area contributed by atoms with Crippen molar-refractivity contribution in [3.63, 3.8) is 0 Å². The minimum atomic E-state index is -0.173. The molecule has 0 aromatic heterocycles. The molecule has 28 heavy (non-hydrogen) atoms. The van der Waals surface area contributed by atoms with E-state index in [-0.39, 0.29) is 11.0 Å². The van der Waals surface area contributed by atoms with E-state index in [0.29, 0.717) is 17.6 Å². The van der Waals surface area contributed by atoms with E-state index >= 15 is 0 Å². The Kier molecular flexibility index (Phi) is 6.67.